The minimum absolute atomic E-state index is 0.00901. The summed E-state index contributed by atoms with van der Waals surface area (Å²) in [7, 11) is 0. The highest BCUT2D eigenvalue weighted by Crippen LogP contribution is 2.42. The predicted octanol–water partition coefficient (Wildman–Crippen LogP) is 4.59. The fourth-order valence-corrected chi connectivity index (χ4v) is 4.51. The lowest BCUT2D eigenvalue weighted by atomic mass is 9.96. The quantitative estimate of drug-likeness (QED) is 0.618. The summed E-state index contributed by atoms with van der Waals surface area (Å²) < 4.78 is 0. The van der Waals surface area contributed by atoms with Crippen LogP contribution in [0, 0.1) is 13.8 Å². The molecule has 1 unspecified atom stereocenters. The van der Waals surface area contributed by atoms with Crippen LogP contribution in [-0.2, 0) is 4.79 Å². The molecule has 3 aromatic rings. The van der Waals surface area contributed by atoms with Gasteiger partial charge in [0, 0.05) is 23.1 Å². The van der Waals surface area contributed by atoms with Gasteiger partial charge < -0.3 is 5.11 Å². The molecule has 0 spiro atoms. The number of ketones is 1. The van der Waals surface area contributed by atoms with Gasteiger partial charge in [-0.05, 0) is 43.7 Å². The van der Waals surface area contributed by atoms with E-state index in [0.29, 0.717) is 26.8 Å². The summed E-state index contributed by atoms with van der Waals surface area (Å²) in [6.45, 7) is 3.54. The van der Waals surface area contributed by atoms with Crippen LogP contribution in [0.5, 0.6) is 0 Å². The van der Waals surface area contributed by atoms with Crippen LogP contribution in [0.1, 0.15) is 32.0 Å². The monoisotopic (exact) mass is 425 g/mol. The number of nitrogens with zero attached hydrogens (tertiary/aromatic N) is 3. The van der Waals surface area contributed by atoms with Gasteiger partial charge in [0.05, 0.1) is 27.2 Å². The van der Waals surface area contributed by atoms with Crippen molar-refractivity contribution in [1.29, 1.82) is 0 Å². The van der Waals surface area contributed by atoms with Gasteiger partial charge in [0.15, 0.2) is 5.76 Å². The van der Waals surface area contributed by atoms with Crippen molar-refractivity contribution in [2.75, 3.05) is 4.90 Å². The second kappa shape index (κ2) is 7.42. The highest BCUT2D eigenvalue weighted by molar-refractivity contribution is 7.14. The third-order valence-electron chi connectivity index (χ3n) is 4.65. The zero-order chi connectivity index (χ0) is 20.7. The Morgan fingerprint density at radius 1 is 1.24 bits per heavy atom. The summed E-state index contributed by atoms with van der Waals surface area (Å²) in [6.07, 6.45) is 3.18. The smallest absolute Gasteiger partial charge is 0.294 e. The van der Waals surface area contributed by atoms with E-state index in [1.807, 2.05) is 0 Å². The van der Waals surface area contributed by atoms with Crippen LogP contribution < -0.4 is 4.90 Å². The molecule has 6 nitrogen and oxygen atoms in total. The maximum atomic E-state index is 13.4. The number of aliphatic hydroxyl groups is 1. The minimum Gasteiger partial charge on any atom is -0.503 e. The highest BCUT2D eigenvalue weighted by atomic mass is 35.5. The van der Waals surface area contributed by atoms with E-state index >= 15 is 0 Å². The molecule has 1 aliphatic heterocycles. The van der Waals surface area contributed by atoms with Gasteiger partial charge in [-0.15, -0.1) is 11.3 Å². The number of Topliss-reactive ketones (excluding diaryl/α,β-unsaturated/α-hetero) is 1. The molecule has 1 aromatic carbocycles. The Hall–Kier alpha value is -3.03. The summed E-state index contributed by atoms with van der Waals surface area (Å²) in [5.41, 5.74) is 1.65. The van der Waals surface area contributed by atoms with Crippen molar-refractivity contribution < 1.29 is 14.7 Å². The molecule has 0 bridgehead atoms. The number of pyridine rings is 1. The molecule has 1 atom stereocenters. The molecule has 0 saturated heterocycles. The summed E-state index contributed by atoms with van der Waals surface area (Å²) in [6, 6.07) is 9.37. The van der Waals surface area contributed by atoms with Crippen LogP contribution in [0.4, 0.5) is 5.69 Å². The Kier molecular flexibility index (Phi) is 4.94. The van der Waals surface area contributed by atoms with E-state index in [9.17, 15) is 14.7 Å². The van der Waals surface area contributed by atoms with Crippen molar-refractivity contribution in [2.24, 2.45) is 0 Å². The number of thiazole rings is 1. The number of rotatable bonds is 4. The molecule has 2 aromatic heterocycles. The number of aliphatic hydroxyl groups excluding tert-OH is 1. The van der Waals surface area contributed by atoms with Gasteiger partial charge in [-0.2, -0.15) is 0 Å². The van der Waals surface area contributed by atoms with E-state index in [0.717, 1.165) is 5.01 Å². The zero-order valence-electron chi connectivity index (χ0n) is 15.6. The summed E-state index contributed by atoms with van der Waals surface area (Å²) in [4.78, 5) is 36.6. The van der Waals surface area contributed by atoms with Crippen LogP contribution in [0.3, 0.4) is 0 Å². The maximum Gasteiger partial charge on any atom is 0.294 e. The number of amides is 1. The van der Waals surface area contributed by atoms with Crippen LogP contribution in [0.25, 0.3) is 0 Å². The molecule has 0 aliphatic carbocycles. The minimum atomic E-state index is -0.830. The van der Waals surface area contributed by atoms with Crippen molar-refractivity contribution in [3.8, 4) is 0 Å². The Balaban J connectivity index is 1.90. The van der Waals surface area contributed by atoms with Crippen molar-refractivity contribution in [2.45, 2.75) is 19.9 Å². The number of benzene rings is 1. The zero-order valence-corrected chi connectivity index (χ0v) is 17.2. The lowest BCUT2D eigenvalue weighted by molar-refractivity contribution is -0.117. The molecule has 3 heterocycles. The Bertz CT molecular complexity index is 1160. The predicted molar refractivity (Wildman–Crippen MR) is 111 cm³/mol. The average Bonchev–Trinajstić information content (AvgIpc) is 3.18. The van der Waals surface area contributed by atoms with Gasteiger partial charge in [-0.25, -0.2) is 4.98 Å². The third-order valence-corrected chi connectivity index (χ3v) is 5.96. The van der Waals surface area contributed by atoms with Gasteiger partial charge in [0.25, 0.3) is 5.91 Å². The van der Waals surface area contributed by atoms with Gasteiger partial charge in [-0.1, -0.05) is 23.7 Å². The lowest BCUT2D eigenvalue weighted by Crippen LogP contribution is -2.31. The van der Waals surface area contributed by atoms with Gasteiger partial charge in [0.1, 0.15) is 0 Å². The molecule has 8 heteroatoms. The summed E-state index contributed by atoms with van der Waals surface area (Å²) in [5.74, 6) is -1.66. The van der Waals surface area contributed by atoms with E-state index in [1.54, 1.807) is 62.6 Å². The molecular formula is C21H16ClN3O3S. The van der Waals surface area contributed by atoms with Crippen LogP contribution in [-0.4, -0.2) is 26.8 Å². The Labute approximate surface area is 176 Å². The van der Waals surface area contributed by atoms with Crippen molar-refractivity contribution in [3.05, 3.63) is 86.3 Å². The molecule has 1 aliphatic rings. The van der Waals surface area contributed by atoms with Crippen LogP contribution in [0.2, 0.25) is 5.02 Å². The highest BCUT2D eigenvalue weighted by Gasteiger charge is 2.45. The third kappa shape index (κ3) is 3.32. The van der Waals surface area contributed by atoms with Gasteiger partial charge >= 0.3 is 0 Å². The van der Waals surface area contributed by atoms with Crippen molar-refractivity contribution in [1.82, 2.24) is 9.97 Å². The normalized spacial score (nSPS) is 16.6. The Morgan fingerprint density at radius 2 is 2.03 bits per heavy atom. The van der Waals surface area contributed by atoms with E-state index < -0.39 is 23.5 Å². The maximum absolute atomic E-state index is 13.4. The van der Waals surface area contributed by atoms with E-state index in [-0.39, 0.29) is 5.57 Å². The molecule has 29 heavy (non-hydrogen) atoms. The molecular weight excluding hydrogens is 410 g/mol. The van der Waals surface area contributed by atoms with Gasteiger partial charge in [0.2, 0.25) is 5.78 Å². The molecule has 0 radical (unpaired) electrons. The summed E-state index contributed by atoms with van der Waals surface area (Å²) in [5, 5.41) is 11.9. The second-order valence-corrected chi connectivity index (χ2v) is 8.22. The number of carbonyl (C=O) groups is 2. The molecule has 1 N–H and O–H groups in total. The Morgan fingerprint density at radius 3 is 2.66 bits per heavy atom. The van der Waals surface area contributed by atoms with Crippen LogP contribution in [0.15, 0.2) is 60.1 Å². The molecule has 1 amide bonds. The molecule has 0 fully saturated rings. The number of aromatic nitrogens is 2. The fraction of sp³-hybridized carbons (Fsp3) is 0.143. The largest absolute Gasteiger partial charge is 0.503 e. The molecule has 146 valence electrons. The van der Waals surface area contributed by atoms with E-state index in [1.165, 1.54) is 16.2 Å². The number of carbonyl (C=O) groups excluding carboxylic acids is 2. The first-order valence-corrected chi connectivity index (χ1v) is 9.99. The van der Waals surface area contributed by atoms with Crippen molar-refractivity contribution >= 4 is 40.3 Å². The number of anilines is 1. The second-order valence-electron chi connectivity index (χ2n) is 6.58. The number of aryl methyl sites for hydroxylation is 2. The number of halogens is 1. The van der Waals surface area contributed by atoms with E-state index in [2.05, 4.69) is 9.97 Å². The van der Waals surface area contributed by atoms with Gasteiger partial charge in [-0.3, -0.25) is 19.5 Å². The SMILES string of the molecule is Cc1nc(C)c(C(=O)C2=C(O)C(=O)N(c3cccc(Cl)c3)C2c2cccnc2)s1. The lowest BCUT2D eigenvalue weighted by Gasteiger charge is -2.26. The first-order chi connectivity index (χ1) is 13.9. The molecule has 4 rings (SSSR count). The molecule has 0 saturated carbocycles. The van der Waals surface area contributed by atoms with E-state index in [4.69, 9.17) is 11.6 Å². The first kappa shape index (κ1) is 19.3. The topological polar surface area (TPSA) is 83.4 Å². The first-order valence-electron chi connectivity index (χ1n) is 8.79. The fourth-order valence-electron chi connectivity index (χ4n) is 3.45. The summed E-state index contributed by atoms with van der Waals surface area (Å²) >= 11 is 7.36. The van der Waals surface area contributed by atoms with Crippen molar-refractivity contribution in [3.63, 3.8) is 0 Å². The number of hydrogen-bond acceptors (Lipinski definition) is 6. The van der Waals surface area contributed by atoms with Crippen LogP contribution >= 0.6 is 22.9 Å². The standard InChI is InChI=1S/C21H16ClN3O3S/c1-11-20(29-12(2)24-11)18(26)16-17(13-5-4-8-23-10-13)25(21(28)19(16)27)15-7-3-6-14(22)9-15/h3-10,17,27H,1-2H3. The number of hydrogen-bond donors (Lipinski definition) is 1. The average molecular weight is 426 g/mol.